The molecule has 0 atom stereocenters. The smallest absolute Gasteiger partial charge is 0.343 e. The molecule has 0 radical (unpaired) electrons. The number of nitro groups is 1. The van der Waals surface area contributed by atoms with Crippen LogP contribution in [0.3, 0.4) is 0 Å². The van der Waals surface area contributed by atoms with Gasteiger partial charge >= 0.3 is 5.97 Å². The lowest BCUT2D eigenvalue weighted by molar-refractivity contribution is -0.422. The van der Waals surface area contributed by atoms with Crippen molar-refractivity contribution < 1.29 is 14.5 Å². The normalized spacial score (nSPS) is 11.2. The molecule has 0 N–H and O–H groups in total. The third-order valence-electron chi connectivity index (χ3n) is 3.11. The lowest BCUT2D eigenvalue weighted by Crippen LogP contribution is -2.09. The molecule has 0 aliphatic heterocycles. The van der Waals surface area contributed by atoms with E-state index in [4.69, 9.17) is 4.74 Å². The van der Waals surface area contributed by atoms with Gasteiger partial charge in [-0.3, -0.25) is 10.1 Å². The first-order valence-corrected chi connectivity index (χ1v) is 7.57. The van der Waals surface area contributed by atoms with Gasteiger partial charge in [0.15, 0.2) is 0 Å². The highest BCUT2D eigenvalue weighted by atomic mass is 79.9. The quantitative estimate of drug-likeness (QED) is 0.338. The Balaban J connectivity index is 2.32. The van der Waals surface area contributed by atoms with Gasteiger partial charge in [-0.1, -0.05) is 33.6 Å². The third kappa shape index (κ3) is 4.50. The Hall–Kier alpha value is -2.47. The number of esters is 1. The molecule has 0 bridgehead atoms. The molecular formula is C17H14BrNO4. The van der Waals surface area contributed by atoms with Crippen molar-refractivity contribution >= 4 is 28.0 Å². The van der Waals surface area contributed by atoms with E-state index in [1.807, 2.05) is 19.1 Å². The van der Waals surface area contributed by atoms with Crippen LogP contribution < -0.4 is 4.74 Å². The maximum absolute atomic E-state index is 12.2. The van der Waals surface area contributed by atoms with E-state index in [1.54, 1.807) is 30.3 Å². The number of halogens is 1. The predicted octanol–water partition coefficient (Wildman–Crippen LogP) is 4.61. The van der Waals surface area contributed by atoms with Gasteiger partial charge in [0.05, 0.1) is 10.5 Å². The maximum Gasteiger partial charge on any atom is 0.343 e. The number of allylic oxidation sites excluding steroid dienone is 1. The van der Waals surface area contributed by atoms with Gasteiger partial charge in [0.1, 0.15) is 5.75 Å². The van der Waals surface area contributed by atoms with E-state index in [2.05, 4.69) is 15.9 Å². The molecule has 118 valence electrons. The number of rotatable bonds is 4. The van der Waals surface area contributed by atoms with Crippen LogP contribution in [0.5, 0.6) is 5.75 Å². The Kier molecular flexibility index (Phi) is 5.28. The first kappa shape index (κ1) is 16.9. The summed E-state index contributed by atoms with van der Waals surface area (Å²) in [5.74, 6) is -0.249. The van der Waals surface area contributed by atoms with Gasteiger partial charge in [0.2, 0.25) is 5.70 Å². The molecule has 0 spiro atoms. The van der Waals surface area contributed by atoms with Crippen molar-refractivity contribution in [1.29, 1.82) is 0 Å². The first-order valence-electron chi connectivity index (χ1n) is 6.78. The van der Waals surface area contributed by atoms with Gasteiger partial charge in [-0.15, -0.1) is 0 Å². The van der Waals surface area contributed by atoms with Gasteiger partial charge in [0, 0.05) is 23.0 Å². The van der Waals surface area contributed by atoms with Crippen LogP contribution in [0.15, 0.2) is 52.6 Å². The predicted molar refractivity (Wildman–Crippen MR) is 90.9 cm³/mol. The van der Waals surface area contributed by atoms with Crippen molar-refractivity contribution in [3.8, 4) is 5.75 Å². The van der Waals surface area contributed by atoms with E-state index in [-0.39, 0.29) is 11.4 Å². The highest BCUT2D eigenvalue weighted by Gasteiger charge is 2.13. The molecule has 0 unspecified atom stereocenters. The summed E-state index contributed by atoms with van der Waals surface area (Å²) < 4.78 is 6.11. The fourth-order valence-corrected chi connectivity index (χ4v) is 2.23. The van der Waals surface area contributed by atoms with Gasteiger partial charge in [-0.25, -0.2) is 4.79 Å². The molecule has 0 saturated carbocycles. The van der Waals surface area contributed by atoms with Crippen LogP contribution in [0, 0.1) is 17.0 Å². The van der Waals surface area contributed by atoms with Crippen LogP contribution in [0.1, 0.15) is 28.4 Å². The van der Waals surface area contributed by atoms with Crippen LogP contribution >= 0.6 is 15.9 Å². The Labute approximate surface area is 141 Å². The van der Waals surface area contributed by atoms with Crippen LogP contribution in [0.25, 0.3) is 6.08 Å². The molecule has 0 amide bonds. The summed E-state index contributed by atoms with van der Waals surface area (Å²) in [4.78, 5) is 22.5. The monoisotopic (exact) mass is 375 g/mol. The molecule has 23 heavy (non-hydrogen) atoms. The highest BCUT2D eigenvalue weighted by Crippen LogP contribution is 2.26. The SMILES string of the molecule is C/C(=C\c1cc(Br)ccc1OC(=O)c1ccc(C)cc1)[N+](=O)[O-]. The molecule has 0 aromatic heterocycles. The minimum absolute atomic E-state index is 0.0456. The molecule has 0 aliphatic carbocycles. The number of ether oxygens (including phenoxy) is 1. The van der Waals surface area contributed by atoms with Crippen LogP contribution in [0.2, 0.25) is 0 Å². The lowest BCUT2D eigenvalue weighted by Gasteiger charge is -2.08. The summed E-state index contributed by atoms with van der Waals surface area (Å²) >= 11 is 3.30. The summed E-state index contributed by atoms with van der Waals surface area (Å²) in [6.45, 7) is 3.31. The largest absolute Gasteiger partial charge is 0.422 e. The van der Waals surface area contributed by atoms with Crippen LogP contribution in [-0.4, -0.2) is 10.9 Å². The van der Waals surface area contributed by atoms with Gasteiger partial charge in [-0.2, -0.15) is 0 Å². The molecule has 0 heterocycles. The summed E-state index contributed by atoms with van der Waals surface area (Å²) in [6, 6.07) is 11.9. The minimum Gasteiger partial charge on any atom is -0.422 e. The van der Waals surface area contributed by atoms with Crippen molar-refractivity contribution in [2.24, 2.45) is 0 Å². The van der Waals surface area contributed by atoms with Crippen LogP contribution in [0.4, 0.5) is 0 Å². The Morgan fingerprint density at radius 3 is 2.48 bits per heavy atom. The number of hydrogen-bond acceptors (Lipinski definition) is 4. The van der Waals surface area contributed by atoms with Crippen molar-refractivity contribution in [2.45, 2.75) is 13.8 Å². The second-order valence-electron chi connectivity index (χ2n) is 4.98. The zero-order chi connectivity index (χ0) is 17.0. The van der Waals surface area contributed by atoms with Gasteiger partial charge in [-0.05, 0) is 37.3 Å². The van der Waals surface area contributed by atoms with Gasteiger partial charge < -0.3 is 4.74 Å². The van der Waals surface area contributed by atoms with E-state index in [0.29, 0.717) is 11.1 Å². The molecule has 0 saturated heterocycles. The zero-order valence-electron chi connectivity index (χ0n) is 12.6. The topological polar surface area (TPSA) is 69.4 Å². The second kappa shape index (κ2) is 7.19. The fourth-order valence-electron chi connectivity index (χ4n) is 1.85. The van der Waals surface area contributed by atoms with Crippen molar-refractivity contribution in [1.82, 2.24) is 0 Å². The standard InChI is InChI=1S/C17H14BrNO4/c1-11-3-5-13(6-4-11)17(20)23-16-8-7-15(18)10-14(16)9-12(2)19(21)22/h3-10H,1-2H3/b12-9+. The fraction of sp³-hybridized carbons (Fsp3) is 0.118. The van der Waals surface area contributed by atoms with E-state index in [9.17, 15) is 14.9 Å². The molecule has 2 aromatic rings. The number of carbonyl (C=O) groups excluding carboxylic acids is 1. The number of nitrogens with zero attached hydrogens (tertiary/aromatic N) is 1. The number of benzene rings is 2. The van der Waals surface area contributed by atoms with Crippen LogP contribution in [-0.2, 0) is 0 Å². The Morgan fingerprint density at radius 2 is 1.87 bits per heavy atom. The summed E-state index contributed by atoms with van der Waals surface area (Å²) in [7, 11) is 0. The van der Waals surface area contributed by atoms with E-state index >= 15 is 0 Å². The van der Waals surface area contributed by atoms with E-state index in [0.717, 1.165) is 10.0 Å². The number of hydrogen-bond donors (Lipinski definition) is 0. The third-order valence-corrected chi connectivity index (χ3v) is 3.61. The average molecular weight is 376 g/mol. The molecular weight excluding hydrogens is 362 g/mol. The van der Waals surface area contributed by atoms with E-state index in [1.165, 1.54) is 13.0 Å². The second-order valence-corrected chi connectivity index (χ2v) is 5.90. The van der Waals surface area contributed by atoms with Gasteiger partial charge in [0.25, 0.3) is 0 Å². The average Bonchev–Trinajstić information content (AvgIpc) is 2.50. The lowest BCUT2D eigenvalue weighted by atomic mass is 10.1. The molecule has 0 fully saturated rings. The molecule has 6 heteroatoms. The summed E-state index contributed by atoms with van der Waals surface area (Å²) in [6.07, 6.45) is 1.36. The molecule has 0 aliphatic rings. The summed E-state index contributed by atoms with van der Waals surface area (Å²) in [5.41, 5.74) is 1.86. The first-order chi connectivity index (χ1) is 10.9. The minimum atomic E-state index is -0.513. The van der Waals surface area contributed by atoms with Crippen molar-refractivity contribution in [2.75, 3.05) is 0 Å². The zero-order valence-corrected chi connectivity index (χ0v) is 14.2. The Morgan fingerprint density at radius 1 is 1.22 bits per heavy atom. The van der Waals surface area contributed by atoms with Crippen molar-refractivity contribution in [3.63, 3.8) is 0 Å². The Bertz CT molecular complexity index is 782. The number of carbonyl (C=O) groups is 1. The molecule has 5 nitrogen and oxygen atoms in total. The highest BCUT2D eigenvalue weighted by molar-refractivity contribution is 9.10. The summed E-state index contributed by atoms with van der Waals surface area (Å²) in [5, 5.41) is 10.8. The molecule has 2 rings (SSSR count). The van der Waals surface area contributed by atoms with Crippen molar-refractivity contribution in [3.05, 3.63) is 79.4 Å². The number of aryl methyl sites for hydroxylation is 1. The van der Waals surface area contributed by atoms with E-state index < -0.39 is 10.9 Å². The maximum atomic E-state index is 12.2. The molecule has 2 aromatic carbocycles.